The molecular formula is C9H12FNO3. The highest BCUT2D eigenvalue weighted by Crippen LogP contribution is 2.32. The summed E-state index contributed by atoms with van der Waals surface area (Å²) < 4.78 is 18.2. The summed E-state index contributed by atoms with van der Waals surface area (Å²) in [4.78, 5) is 0. The van der Waals surface area contributed by atoms with Crippen LogP contribution in [0.5, 0.6) is 11.5 Å². The minimum atomic E-state index is -1.18. The zero-order valence-electron chi connectivity index (χ0n) is 7.70. The Bertz CT molecular complexity index is 330. The first-order valence-electron chi connectivity index (χ1n) is 4.05. The van der Waals surface area contributed by atoms with Gasteiger partial charge in [0.05, 0.1) is 18.8 Å². The van der Waals surface area contributed by atoms with Crippen molar-refractivity contribution in [1.82, 2.24) is 0 Å². The first kappa shape index (κ1) is 10.7. The van der Waals surface area contributed by atoms with Crippen LogP contribution in [0.2, 0.25) is 0 Å². The number of phenolic OH excluding ortho intramolecular Hbond substituents is 1. The lowest BCUT2D eigenvalue weighted by atomic mass is 10.1. The standard InChI is InChI=1S/C9H12FNO3/c1-14-7-3-2-5(12)9(10)8(7)6(13)4-11/h2-3,6,12-13H,4,11H2,1H3. The van der Waals surface area contributed by atoms with Gasteiger partial charge in [0, 0.05) is 6.54 Å². The molecule has 0 saturated heterocycles. The summed E-state index contributed by atoms with van der Waals surface area (Å²) in [6.07, 6.45) is -1.18. The highest BCUT2D eigenvalue weighted by Gasteiger charge is 2.19. The number of phenols is 1. The Kier molecular flexibility index (Phi) is 3.27. The monoisotopic (exact) mass is 201 g/mol. The molecule has 1 aromatic carbocycles. The van der Waals surface area contributed by atoms with Gasteiger partial charge in [-0.05, 0) is 12.1 Å². The summed E-state index contributed by atoms with van der Waals surface area (Å²) in [5.74, 6) is -1.27. The number of benzene rings is 1. The van der Waals surface area contributed by atoms with Crippen molar-refractivity contribution < 1.29 is 19.3 Å². The van der Waals surface area contributed by atoms with Gasteiger partial charge < -0.3 is 20.7 Å². The molecule has 1 rings (SSSR count). The van der Waals surface area contributed by atoms with E-state index in [1.54, 1.807) is 0 Å². The molecule has 4 N–H and O–H groups in total. The van der Waals surface area contributed by atoms with Crippen LogP contribution in [-0.2, 0) is 0 Å². The van der Waals surface area contributed by atoms with Gasteiger partial charge in [-0.3, -0.25) is 0 Å². The molecule has 78 valence electrons. The molecule has 0 aliphatic rings. The van der Waals surface area contributed by atoms with Crippen LogP contribution >= 0.6 is 0 Å². The number of methoxy groups -OCH3 is 1. The maximum atomic E-state index is 13.3. The van der Waals surface area contributed by atoms with E-state index in [2.05, 4.69) is 0 Å². The van der Waals surface area contributed by atoms with Crippen molar-refractivity contribution in [3.05, 3.63) is 23.5 Å². The zero-order chi connectivity index (χ0) is 10.7. The Balaban J connectivity index is 3.27. The first-order chi connectivity index (χ1) is 6.61. The third kappa shape index (κ3) is 1.78. The lowest BCUT2D eigenvalue weighted by Gasteiger charge is -2.14. The van der Waals surface area contributed by atoms with Gasteiger partial charge in [-0.25, -0.2) is 4.39 Å². The van der Waals surface area contributed by atoms with E-state index in [9.17, 15) is 9.50 Å². The predicted molar refractivity (Wildman–Crippen MR) is 48.6 cm³/mol. The van der Waals surface area contributed by atoms with Gasteiger partial charge >= 0.3 is 0 Å². The lowest BCUT2D eigenvalue weighted by Crippen LogP contribution is -2.14. The molecule has 5 heteroatoms. The fourth-order valence-corrected chi connectivity index (χ4v) is 1.17. The second-order valence-corrected chi connectivity index (χ2v) is 2.77. The summed E-state index contributed by atoms with van der Waals surface area (Å²) in [5.41, 5.74) is 5.08. The number of rotatable bonds is 3. The summed E-state index contributed by atoms with van der Waals surface area (Å²) in [5, 5.41) is 18.5. The smallest absolute Gasteiger partial charge is 0.174 e. The zero-order valence-corrected chi connectivity index (χ0v) is 7.70. The highest BCUT2D eigenvalue weighted by molar-refractivity contribution is 5.42. The highest BCUT2D eigenvalue weighted by atomic mass is 19.1. The van der Waals surface area contributed by atoms with E-state index in [0.29, 0.717) is 0 Å². The van der Waals surface area contributed by atoms with Crippen molar-refractivity contribution in [2.24, 2.45) is 5.73 Å². The SMILES string of the molecule is COc1ccc(O)c(F)c1C(O)CN. The summed E-state index contributed by atoms with van der Waals surface area (Å²) in [6.45, 7) is -0.142. The van der Waals surface area contributed by atoms with Crippen molar-refractivity contribution in [1.29, 1.82) is 0 Å². The molecule has 0 spiro atoms. The average molecular weight is 201 g/mol. The maximum Gasteiger partial charge on any atom is 0.174 e. The topological polar surface area (TPSA) is 75.7 Å². The van der Waals surface area contributed by atoms with Crippen LogP contribution in [0.15, 0.2) is 12.1 Å². The Morgan fingerprint density at radius 3 is 2.71 bits per heavy atom. The third-order valence-corrected chi connectivity index (χ3v) is 1.90. The van der Waals surface area contributed by atoms with Gasteiger partial charge in [0.15, 0.2) is 11.6 Å². The van der Waals surface area contributed by atoms with Crippen LogP contribution in [0, 0.1) is 5.82 Å². The van der Waals surface area contributed by atoms with Crippen LogP contribution in [0.25, 0.3) is 0 Å². The molecular weight excluding hydrogens is 189 g/mol. The number of aliphatic hydroxyl groups excluding tert-OH is 1. The van der Waals surface area contributed by atoms with Crippen LogP contribution < -0.4 is 10.5 Å². The molecule has 0 heterocycles. The summed E-state index contributed by atoms with van der Waals surface area (Å²) >= 11 is 0. The molecule has 0 bridgehead atoms. The van der Waals surface area contributed by atoms with E-state index in [1.165, 1.54) is 13.2 Å². The van der Waals surface area contributed by atoms with Gasteiger partial charge in [-0.2, -0.15) is 0 Å². The van der Waals surface area contributed by atoms with Crippen LogP contribution in [-0.4, -0.2) is 23.9 Å². The van der Waals surface area contributed by atoms with E-state index >= 15 is 0 Å². The van der Waals surface area contributed by atoms with Crippen LogP contribution in [0.4, 0.5) is 4.39 Å². The first-order valence-corrected chi connectivity index (χ1v) is 4.05. The largest absolute Gasteiger partial charge is 0.505 e. The molecule has 0 aromatic heterocycles. The fourth-order valence-electron chi connectivity index (χ4n) is 1.17. The van der Waals surface area contributed by atoms with Crippen LogP contribution in [0.3, 0.4) is 0 Å². The number of ether oxygens (including phenoxy) is 1. The molecule has 1 aromatic rings. The van der Waals surface area contributed by atoms with Crippen molar-refractivity contribution in [2.45, 2.75) is 6.10 Å². The van der Waals surface area contributed by atoms with Gasteiger partial charge in [-0.15, -0.1) is 0 Å². The number of nitrogens with two attached hydrogens (primary N) is 1. The Labute approximate surface area is 80.7 Å². The average Bonchev–Trinajstić information content (AvgIpc) is 2.20. The number of aliphatic hydroxyl groups is 1. The van der Waals surface area contributed by atoms with E-state index in [0.717, 1.165) is 6.07 Å². The van der Waals surface area contributed by atoms with Crippen molar-refractivity contribution >= 4 is 0 Å². The molecule has 0 radical (unpaired) electrons. The number of aromatic hydroxyl groups is 1. The molecule has 4 nitrogen and oxygen atoms in total. The number of halogens is 1. The normalized spacial score (nSPS) is 12.6. The molecule has 0 aliphatic heterocycles. The van der Waals surface area contributed by atoms with Gasteiger partial charge in [0.25, 0.3) is 0 Å². The second kappa shape index (κ2) is 4.26. The van der Waals surface area contributed by atoms with E-state index in [1.807, 2.05) is 0 Å². The number of hydrogen-bond donors (Lipinski definition) is 3. The minimum Gasteiger partial charge on any atom is -0.505 e. The Hall–Kier alpha value is -1.33. The maximum absolute atomic E-state index is 13.3. The molecule has 0 amide bonds. The van der Waals surface area contributed by atoms with E-state index < -0.39 is 17.7 Å². The molecule has 14 heavy (non-hydrogen) atoms. The summed E-state index contributed by atoms with van der Waals surface area (Å²) in [7, 11) is 1.35. The molecule has 0 saturated carbocycles. The van der Waals surface area contributed by atoms with Crippen LogP contribution in [0.1, 0.15) is 11.7 Å². The number of hydrogen-bond acceptors (Lipinski definition) is 4. The second-order valence-electron chi connectivity index (χ2n) is 2.77. The summed E-state index contributed by atoms with van der Waals surface area (Å²) in [6, 6.07) is 2.52. The van der Waals surface area contributed by atoms with E-state index in [4.69, 9.17) is 15.6 Å². The Morgan fingerprint density at radius 2 is 2.21 bits per heavy atom. The molecule has 0 fully saturated rings. The predicted octanol–water partition coefficient (Wildman–Crippen LogP) is 0.532. The van der Waals surface area contributed by atoms with E-state index in [-0.39, 0.29) is 17.9 Å². The van der Waals surface area contributed by atoms with Crippen molar-refractivity contribution in [3.63, 3.8) is 0 Å². The van der Waals surface area contributed by atoms with Gasteiger partial charge in [0.1, 0.15) is 5.75 Å². The van der Waals surface area contributed by atoms with Crippen molar-refractivity contribution in [2.75, 3.05) is 13.7 Å². The molecule has 1 atom stereocenters. The quantitative estimate of drug-likeness (QED) is 0.666. The lowest BCUT2D eigenvalue weighted by molar-refractivity contribution is 0.175. The van der Waals surface area contributed by atoms with Crippen molar-refractivity contribution in [3.8, 4) is 11.5 Å². The van der Waals surface area contributed by atoms with Gasteiger partial charge in [-0.1, -0.05) is 0 Å². The molecule has 1 unspecified atom stereocenters. The molecule has 0 aliphatic carbocycles. The third-order valence-electron chi connectivity index (χ3n) is 1.90. The Morgan fingerprint density at radius 1 is 1.57 bits per heavy atom. The minimum absolute atomic E-state index is 0.116. The fraction of sp³-hybridized carbons (Fsp3) is 0.333. The van der Waals surface area contributed by atoms with Gasteiger partial charge in [0.2, 0.25) is 0 Å².